The van der Waals surface area contributed by atoms with Gasteiger partial charge in [0.15, 0.2) is 18.9 Å². The summed E-state index contributed by atoms with van der Waals surface area (Å²) in [6.45, 7) is 0.664. The first-order valence-electron chi connectivity index (χ1n) is 21.5. The predicted molar refractivity (Wildman–Crippen MR) is 221 cm³/mol. The number of aliphatic hydroxyl groups excluding tert-OH is 7. The Balaban J connectivity index is 1.23. The Morgan fingerprint density at radius 3 is 1.68 bits per heavy atom. The summed E-state index contributed by atoms with van der Waals surface area (Å²) in [5, 5.41) is 74.4. The van der Waals surface area contributed by atoms with Crippen molar-refractivity contribution in [2.75, 3.05) is 46.0 Å². The monoisotopic (exact) mass is 880 g/mol. The Hall–Kier alpha value is -2.36. The van der Waals surface area contributed by atoms with Crippen molar-refractivity contribution in [3.05, 3.63) is 71.8 Å². The first-order valence-corrected chi connectivity index (χ1v) is 21.5. The second-order valence-electron chi connectivity index (χ2n) is 16.7. The van der Waals surface area contributed by atoms with E-state index in [1.54, 1.807) is 0 Å². The number of nitrogens with zero attached hydrogens (tertiary/aromatic N) is 1. The molecular weight excluding hydrogens is 812 g/mol. The lowest BCUT2D eigenvalue weighted by atomic mass is 9.84. The van der Waals surface area contributed by atoms with Crippen LogP contribution in [0, 0.1) is 0 Å². The van der Waals surface area contributed by atoms with E-state index in [0.717, 1.165) is 32.4 Å². The summed E-state index contributed by atoms with van der Waals surface area (Å²) >= 11 is 0. The van der Waals surface area contributed by atoms with E-state index in [4.69, 9.17) is 61.8 Å². The molecule has 4 aliphatic rings. The zero-order chi connectivity index (χ0) is 44.5. The fourth-order valence-electron chi connectivity index (χ4n) is 8.59. The van der Waals surface area contributed by atoms with E-state index in [0.29, 0.717) is 6.54 Å². The van der Waals surface area contributed by atoms with Gasteiger partial charge in [-0.3, -0.25) is 0 Å². The fourth-order valence-corrected chi connectivity index (χ4v) is 8.59. The van der Waals surface area contributed by atoms with Crippen LogP contribution in [0.5, 0.6) is 0 Å². The van der Waals surface area contributed by atoms with Gasteiger partial charge in [-0.05, 0) is 43.4 Å². The van der Waals surface area contributed by atoms with Gasteiger partial charge in [-0.1, -0.05) is 60.7 Å². The number of ether oxygens (including phenoxy) is 7. The van der Waals surface area contributed by atoms with E-state index in [9.17, 15) is 35.7 Å². The van der Waals surface area contributed by atoms with Crippen LogP contribution in [-0.2, 0) is 46.0 Å². The molecule has 20 nitrogen and oxygen atoms in total. The summed E-state index contributed by atoms with van der Waals surface area (Å²) in [5.74, 6) is 0. The molecule has 0 radical (unpaired) electrons. The van der Waals surface area contributed by atoms with Crippen molar-refractivity contribution in [3.63, 3.8) is 0 Å². The van der Waals surface area contributed by atoms with Crippen LogP contribution in [0.15, 0.2) is 60.7 Å². The van der Waals surface area contributed by atoms with Gasteiger partial charge in [0.05, 0.1) is 38.0 Å². The molecule has 6 rings (SSSR count). The Kier molecular flexibility index (Phi) is 18.4. The van der Waals surface area contributed by atoms with Gasteiger partial charge in [0.2, 0.25) is 0 Å². The van der Waals surface area contributed by atoms with Crippen molar-refractivity contribution in [1.29, 1.82) is 0 Å². The Bertz CT molecular complexity index is 1600. The third kappa shape index (κ3) is 11.9. The number of rotatable bonds is 20. The van der Waals surface area contributed by atoms with E-state index >= 15 is 0 Å². The molecule has 3 saturated heterocycles. The molecule has 19 atom stereocenters. The number of aliphatic hydroxyl groups is 7. The van der Waals surface area contributed by atoms with Crippen molar-refractivity contribution in [2.24, 2.45) is 28.7 Å². The highest BCUT2D eigenvalue weighted by Gasteiger charge is 2.55. The summed E-state index contributed by atoms with van der Waals surface area (Å²) in [7, 11) is 0. The first-order chi connectivity index (χ1) is 29.8. The average Bonchev–Trinajstić information content (AvgIpc) is 3.61. The molecule has 350 valence electrons. The van der Waals surface area contributed by atoms with E-state index in [1.807, 2.05) is 36.4 Å². The SMILES string of the molecule is NC[C@@H]1O[C@H](O[C@H]2[C@@H](OCCN(CCCc3ccccc3)CCc3ccccc3)[C@H](O[C@@H]3[C@@H](O)[C@H](N)C[C@H](N)[C@H]3O[C@H]3O[C@H](CO)[C@@H](O)[C@H](O)[C@H]3N)O[C@@H]2CO)[C@H](N)[C@@H](O)[C@@H]1O. The Morgan fingerprint density at radius 2 is 1.08 bits per heavy atom. The van der Waals surface area contributed by atoms with E-state index in [2.05, 4.69) is 29.2 Å². The normalized spacial score (nSPS) is 40.2. The summed E-state index contributed by atoms with van der Waals surface area (Å²) in [5.41, 5.74) is 33.7. The molecule has 17 N–H and O–H groups in total. The van der Waals surface area contributed by atoms with Crippen molar-refractivity contribution in [1.82, 2.24) is 4.90 Å². The fraction of sp³-hybridized carbons (Fsp3) is 0.714. The third-order valence-corrected chi connectivity index (χ3v) is 12.4. The van der Waals surface area contributed by atoms with Crippen LogP contribution in [0.3, 0.4) is 0 Å². The Morgan fingerprint density at radius 1 is 0.548 bits per heavy atom. The van der Waals surface area contributed by atoms with Crippen molar-refractivity contribution >= 4 is 0 Å². The summed E-state index contributed by atoms with van der Waals surface area (Å²) in [6, 6.07) is 16.1. The number of hydrogen-bond donors (Lipinski definition) is 12. The minimum Gasteiger partial charge on any atom is -0.394 e. The maximum absolute atomic E-state index is 11.6. The molecule has 3 aliphatic heterocycles. The average molecular weight is 881 g/mol. The number of aryl methyl sites for hydroxylation is 1. The molecule has 1 saturated carbocycles. The molecule has 1 aliphatic carbocycles. The van der Waals surface area contributed by atoms with Crippen LogP contribution in [-0.4, -0.2) is 203 Å². The standard InChI is InChI=1S/C42H68N6O14/c43-19-26-32(52)34(54)29(46)40(57-26)61-37-28(21-50)59-42(62-38-31(51)24(44)18-25(45)36(38)60-41-30(47)35(55)33(53)27(20-49)58-41)39(37)56-17-16-48(15-13-23-10-5-2-6-11-23)14-7-12-22-8-3-1-4-9-22/h1-6,8-11,24-42,49-55H,7,12-21,43-47H2/t24-,25+,26+,27-,28-,29-,30-,31+,32-,33-,34-,35-,36-,37-,38-,39-,40-,41-,42+/m1/s1. The molecule has 0 bridgehead atoms. The van der Waals surface area contributed by atoms with E-state index in [-0.39, 0.29) is 19.6 Å². The highest BCUT2D eigenvalue weighted by atomic mass is 16.8. The molecule has 0 aromatic heterocycles. The number of benzene rings is 2. The second-order valence-corrected chi connectivity index (χ2v) is 16.7. The van der Waals surface area contributed by atoms with Crippen LogP contribution in [0.4, 0.5) is 0 Å². The van der Waals surface area contributed by atoms with Crippen molar-refractivity contribution in [3.8, 4) is 0 Å². The number of hydrogen-bond acceptors (Lipinski definition) is 20. The molecule has 20 heteroatoms. The van der Waals surface area contributed by atoms with Gasteiger partial charge in [0.1, 0.15) is 67.1 Å². The zero-order valence-corrected chi connectivity index (χ0v) is 34.8. The maximum atomic E-state index is 11.6. The zero-order valence-electron chi connectivity index (χ0n) is 34.8. The first kappa shape index (κ1) is 49.1. The molecular formula is C42H68N6O14. The van der Waals surface area contributed by atoms with E-state index < -0.39 is 129 Å². The highest BCUT2D eigenvalue weighted by molar-refractivity contribution is 5.16. The predicted octanol–water partition coefficient (Wildman–Crippen LogP) is -4.66. The summed E-state index contributed by atoms with van der Waals surface area (Å²) in [4.78, 5) is 2.29. The third-order valence-electron chi connectivity index (χ3n) is 12.4. The lowest BCUT2D eigenvalue weighted by molar-refractivity contribution is -0.312. The minimum absolute atomic E-state index is 0.0786. The highest BCUT2D eigenvalue weighted by Crippen LogP contribution is 2.35. The van der Waals surface area contributed by atoms with Gasteiger partial charge in [-0.2, -0.15) is 0 Å². The quantitative estimate of drug-likeness (QED) is 0.0595. The van der Waals surface area contributed by atoms with Gasteiger partial charge in [-0.25, -0.2) is 0 Å². The topological polar surface area (TPSA) is 340 Å². The molecule has 2 aromatic rings. The summed E-state index contributed by atoms with van der Waals surface area (Å²) < 4.78 is 43.6. The summed E-state index contributed by atoms with van der Waals surface area (Å²) in [6.07, 6.45) is -17.0. The lowest BCUT2D eigenvalue weighted by Crippen LogP contribution is -2.68. The van der Waals surface area contributed by atoms with E-state index in [1.165, 1.54) is 11.1 Å². The molecule has 2 aromatic carbocycles. The van der Waals surface area contributed by atoms with Crippen LogP contribution >= 0.6 is 0 Å². The largest absolute Gasteiger partial charge is 0.394 e. The molecule has 0 spiro atoms. The van der Waals surface area contributed by atoms with Gasteiger partial charge in [-0.15, -0.1) is 0 Å². The number of nitrogens with two attached hydrogens (primary N) is 5. The van der Waals surface area contributed by atoms with Crippen LogP contribution < -0.4 is 28.7 Å². The lowest BCUT2D eigenvalue weighted by Gasteiger charge is -2.47. The smallest absolute Gasteiger partial charge is 0.187 e. The van der Waals surface area contributed by atoms with Crippen LogP contribution in [0.1, 0.15) is 24.0 Å². The van der Waals surface area contributed by atoms with Gasteiger partial charge < -0.3 is 102 Å². The van der Waals surface area contributed by atoms with Crippen molar-refractivity contribution < 1.29 is 68.9 Å². The van der Waals surface area contributed by atoms with Gasteiger partial charge in [0, 0.05) is 31.7 Å². The molecule has 0 amide bonds. The molecule has 4 fully saturated rings. The second kappa shape index (κ2) is 23.2. The van der Waals surface area contributed by atoms with Gasteiger partial charge in [0.25, 0.3) is 0 Å². The molecule has 0 unspecified atom stereocenters. The van der Waals surface area contributed by atoms with Crippen molar-refractivity contribution in [2.45, 2.75) is 142 Å². The minimum atomic E-state index is -1.53. The van der Waals surface area contributed by atoms with Gasteiger partial charge >= 0.3 is 0 Å². The van der Waals surface area contributed by atoms with Crippen LogP contribution in [0.2, 0.25) is 0 Å². The molecule has 3 heterocycles. The Labute approximate surface area is 361 Å². The molecule has 62 heavy (non-hydrogen) atoms. The van der Waals surface area contributed by atoms with Crippen LogP contribution in [0.25, 0.3) is 0 Å². The maximum Gasteiger partial charge on any atom is 0.187 e.